The summed E-state index contributed by atoms with van der Waals surface area (Å²) in [6.45, 7) is 3.26. The molecular formula is C18H17NO6S. The number of carboxylic acids is 1. The topological polar surface area (TPSA) is 117 Å². The predicted molar refractivity (Wildman–Crippen MR) is 94.8 cm³/mol. The highest BCUT2D eigenvalue weighted by molar-refractivity contribution is 7.89. The lowest BCUT2D eigenvalue weighted by Crippen LogP contribution is -2.26. The van der Waals surface area contributed by atoms with Crippen molar-refractivity contribution in [1.29, 1.82) is 0 Å². The van der Waals surface area contributed by atoms with Gasteiger partial charge in [-0.1, -0.05) is 12.1 Å². The van der Waals surface area contributed by atoms with Gasteiger partial charge < -0.3 is 14.6 Å². The average molecular weight is 375 g/mol. The van der Waals surface area contributed by atoms with E-state index in [4.69, 9.17) is 9.52 Å². The molecule has 0 aliphatic heterocycles. The Morgan fingerprint density at radius 2 is 1.81 bits per heavy atom. The van der Waals surface area contributed by atoms with Gasteiger partial charge in [-0.2, -0.15) is 0 Å². The number of aromatic carboxylic acids is 1. The molecule has 0 saturated heterocycles. The number of aromatic hydroxyl groups is 1. The van der Waals surface area contributed by atoms with Crippen LogP contribution in [0.25, 0.3) is 11.0 Å². The first kappa shape index (κ1) is 18.0. The van der Waals surface area contributed by atoms with E-state index >= 15 is 0 Å². The highest BCUT2D eigenvalue weighted by Gasteiger charge is 2.22. The summed E-state index contributed by atoms with van der Waals surface area (Å²) in [6.07, 6.45) is 0. The second kappa shape index (κ2) is 6.47. The monoisotopic (exact) mass is 375 g/mol. The molecule has 1 heterocycles. The second-order valence-electron chi connectivity index (χ2n) is 5.95. The van der Waals surface area contributed by atoms with E-state index in [1.807, 2.05) is 0 Å². The molecule has 1 aromatic heterocycles. The molecule has 7 nitrogen and oxygen atoms in total. The molecule has 3 aromatic rings. The first-order valence-electron chi connectivity index (χ1n) is 7.77. The number of rotatable bonds is 5. The largest absolute Gasteiger partial charge is 0.508 e. The lowest BCUT2D eigenvalue weighted by Gasteiger charge is -2.15. The van der Waals surface area contributed by atoms with Gasteiger partial charge in [0.05, 0.1) is 4.90 Å². The van der Waals surface area contributed by atoms with Crippen molar-refractivity contribution in [2.24, 2.45) is 0 Å². The normalized spacial score (nSPS) is 13.0. The number of phenols is 1. The number of aryl methyl sites for hydroxylation is 1. The summed E-state index contributed by atoms with van der Waals surface area (Å²) in [4.78, 5) is 11.2. The molecule has 0 spiro atoms. The summed E-state index contributed by atoms with van der Waals surface area (Å²) in [5, 5.41) is 18.9. The maximum absolute atomic E-state index is 12.7. The van der Waals surface area contributed by atoms with Gasteiger partial charge in [0.2, 0.25) is 15.8 Å². The molecule has 2 aromatic carbocycles. The van der Waals surface area contributed by atoms with Crippen LogP contribution >= 0.6 is 0 Å². The minimum absolute atomic E-state index is 0.0106. The molecule has 0 saturated carbocycles. The van der Waals surface area contributed by atoms with Gasteiger partial charge >= 0.3 is 5.97 Å². The molecule has 0 fully saturated rings. The lowest BCUT2D eigenvalue weighted by atomic mass is 10.1. The minimum atomic E-state index is -3.84. The van der Waals surface area contributed by atoms with Crippen LogP contribution in [0.4, 0.5) is 0 Å². The lowest BCUT2D eigenvalue weighted by molar-refractivity contribution is 0.0664. The molecule has 1 unspecified atom stereocenters. The van der Waals surface area contributed by atoms with Crippen molar-refractivity contribution in [2.45, 2.75) is 24.8 Å². The number of phenolic OH excluding ortho intramolecular Hbond substituents is 1. The fourth-order valence-corrected chi connectivity index (χ4v) is 3.96. The molecule has 136 valence electrons. The Labute approximate surface area is 149 Å². The van der Waals surface area contributed by atoms with E-state index in [0.717, 1.165) is 0 Å². The van der Waals surface area contributed by atoms with Crippen molar-refractivity contribution < 1.29 is 27.8 Å². The average Bonchev–Trinajstić information content (AvgIpc) is 2.92. The van der Waals surface area contributed by atoms with E-state index in [9.17, 15) is 18.3 Å². The molecule has 3 rings (SSSR count). The van der Waals surface area contributed by atoms with Crippen LogP contribution in [0.15, 0.2) is 51.8 Å². The summed E-state index contributed by atoms with van der Waals surface area (Å²) < 4.78 is 33.2. The number of furan rings is 1. The van der Waals surface area contributed by atoms with Crippen LogP contribution in [0, 0.1) is 6.92 Å². The quantitative estimate of drug-likeness (QED) is 0.630. The summed E-state index contributed by atoms with van der Waals surface area (Å²) in [7, 11) is -3.84. The number of nitrogens with one attached hydrogen (secondary N) is 1. The van der Waals surface area contributed by atoms with Gasteiger partial charge in [-0.25, -0.2) is 17.9 Å². The Morgan fingerprint density at radius 1 is 1.15 bits per heavy atom. The Balaban J connectivity index is 1.94. The maximum atomic E-state index is 12.7. The standard InChI is InChI=1S/C18H17NO6S/c1-10-15-9-14(7-8-16(15)25-17(10)18(21)22)26(23,24)19-11(2)12-3-5-13(20)6-4-12/h3-9,11,19-20H,1-2H3,(H,21,22). The third-order valence-electron chi connectivity index (χ3n) is 4.14. The number of benzene rings is 2. The number of hydrogen-bond acceptors (Lipinski definition) is 5. The molecule has 0 aliphatic carbocycles. The summed E-state index contributed by atoms with van der Waals surface area (Å²) >= 11 is 0. The SMILES string of the molecule is Cc1c(C(=O)O)oc2ccc(S(=O)(=O)NC(C)c3ccc(O)cc3)cc12. The molecule has 0 aliphatic rings. The van der Waals surface area contributed by atoms with E-state index in [1.165, 1.54) is 30.3 Å². The van der Waals surface area contributed by atoms with Gasteiger partial charge in [-0.05, 0) is 49.7 Å². The number of fused-ring (bicyclic) bond motifs is 1. The van der Waals surface area contributed by atoms with Crippen molar-refractivity contribution >= 4 is 27.0 Å². The Morgan fingerprint density at radius 3 is 2.42 bits per heavy atom. The van der Waals surface area contributed by atoms with Crippen molar-refractivity contribution in [3.05, 3.63) is 59.4 Å². The van der Waals surface area contributed by atoms with Crippen LogP contribution < -0.4 is 4.72 Å². The first-order valence-corrected chi connectivity index (χ1v) is 9.25. The Bertz CT molecular complexity index is 1080. The zero-order valence-corrected chi connectivity index (χ0v) is 14.9. The highest BCUT2D eigenvalue weighted by Crippen LogP contribution is 2.28. The van der Waals surface area contributed by atoms with Gasteiger partial charge in [-0.15, -0.1) is 0 Å². The zero-order chi connectivity index (χ0) is 19.1. The maximum Gasteiger partial charge on any atom is 0.372 e. The van der Waals surface area contributed by atoms with Crippen LogP contribution in [0.3, 0.4) is 0 Å². The third kappa shape index (κ3) is 3.29. The van der Waals surface area contributed by atoms with E-state index in [2.05, 4.69) is 4.72 Å². The second-order valence-corrected chi connectivity index (χ2v) is 7.67. The zero-order valence-electron chi connectivity index (χ0n) is 14.1. The number of sulfonamides is 1. The van der Waals surface area contributed by atoms with Crippen LogP contribution in [0.1, 0.15) is 34.6 Å². The number of carboxylic acid groups (broad SMARTS) is 1. The third-order valence-corrected chi connectivity index (χ3v) is 5.68. The van der Waals surface area contributed by atoms with Gasteiger partial charge in [0.15, 0.2) is 0 Å². The summed E-state index contributed by atoms with van der Waals surface area (Å²) in [6, 6.07) is 9.90. The van der Waals surface area contributed by atoms with Crippen LogP contribution in [0.2, 0.25) is 0 Å². The van der Waals surface area contributed by atoms with E-state index in [1.54, 1.807) is 26.0 Å². The van der Waals surface area contributed by atoms with Crippen LogP contribution in [-0.4, -0.2) is 24.6 Å². The summed E-state index contributed by atoms with van der Waals surface area (Å²) in [5.74, 6) is -1.32. The van der Waals surface area contributed by atoms with Gasteiger partial charge in [0.25, 0.3) is 0 Å². The Hall–Kier alpha value is -2.84. The molecule has 1 atom stereocenters. The van der Waals surface area contributed by atoms with Crippen molar-refractivity contribution in [3.63, 3.8) is 0 Å². The van der Waals surface area contributed by atoms with Crippen molar-refractivity contribution in [2.75, 3.05) is 0 Å². The summed E-state index contributed by atoms with van der Waals surface area (Å²) in [5.41, 5.74) is 1.38. The van der Waals surface area contributed by atoms with Crippen molar-refractivity contribution in [1.82, 2.24) is 4.72 Å². The van der Waals surface area contributed by atoms with Gasteiger partial charge in [0, 0.05) is 17.0 Å². The first-order chi connectivity index (χ1) is 12.2. The molecule has 26 heavy (non-hydrogen) atoms. The number of hydrogen-bond donors (Lipinski definition) is 3. The molecular weight excluding hydrogens is 358 g/mol. The molecule has 0 radical (unpaired) electrons. The molecule has 0 bridgehead atoms. The fourth-order valence-electron chi connectivity index (χ4n) is 2.70. The predicted octanol–water partition coefficient (Wildman–Crippen LogP) is 3.18. The van der Waals surface area contributed by atoms with E-state index in [0.29, 0.717) is 22.1 Å². The van der Waals surface area contributed by atoms with E-state index in [-0.39, 0.29) is 16.4 Å². The molecule has 3 N–H and O–H groups in total. The smallest absolute Gasteiger partial charge is 0.372 e. The van der Waals surface area contributed by atoms with Gasteiger partial charge in [-0.3, -0.25) is 0 Å². The van der Waals surface area contributed by atoms with Crippen LogP contribution in [-0.2, 0) is 10.0 Å². The Kier molecular flexibility index (Phi) is 4.47. The van der Waals surface area contributed by atoms with E-state index < -0.39 is 22.0 Å². The van der Waals surface area contributed by atoms with Crippen LogP contribution in [0.5, 0.6) is 5.75 Å². The highest BCUT2D eigenvalue weighted by atomic mass is 32.2. The minimum Gasteiger partial charge on any atom is -0.508 e. The van der Waals surface area contributed by atoms with Gasteiger partial charge in [0.1, 0.15) is 11.3 Å². The van der Waals surface area contributed by atoms with Crippen molar-refractivity contribution in [3.8, 4) is 5.75 Å². The fraction of sp³-hybridized carbons (Fsp3) is 0.167. The molecule has 0 amide bonds. The molecule has 8 heteroatoms. The number of carbonyl (C=O) groups is 1.